The lowest BCUT2D eigenvalue weighted by Gasteiger charge is -2.13. The third kappa shape index (κ3) is 3.01. The third-order valence-corrected chi connectivity index (χ3v) is 3.61. The Bertz CT molecular complexity index is 718. The van der Waals surface area contributed by atoms with Crippen molar-refractivity contribution < 1.29 is 0 Å². The van der Waals surface area contributed by atoms with Crippen molar-refractivity contribution in [2.45, 2.75) is 13.0 Å². The van der Waals surface area contributed by atoms with E-state index in [0.717, 1.165) is 17.0 Å². The van der Waals surface area contributed by atoms with Crippen molar-refractivity contribution in [3.05, 3.63) is 89.7 Å². The molecule has 0 fully saturated rings. The molecule has 0 aliphatic heterocycles. The molecule has 1 unspecified atom stereocenters. The molecule has 0 aliphatic carbocycles. The Morgan fingerprint density at radius 1 is 0.762 bits per heavy atom. The predicted octanol–water partition coefficient (Wildman–Crippen LogP) is 4.11. The van der Waals surface area contributed by atoms with Gasteiger partial charge in [0, 0.05) is 5.69 Å². The molecule has 2 heteroatoms. The molecule has 1 heterocycles. The Hall–Kier alpha value is -2.45. The maximum atomic E-state index is 6.31. The zero-order valence-electron chi connectivity index (χ0n) is 12.0. The average Bonchev–Trinajstić information content (AvgIpc) is 2.55. The molecule has 0 aliphatic rings. The predicted molar refractivity (Wildman–Crippen MR) is 86.9 cm³/mol. The summed E-state index contributed by atoms with van der Waals surface area (Å²) >= 11 is 0. The van der Waals surface area contributed by atoms with Crippen molar-refractivity contribution in [3.8, 4) is 11.1 Å². The first-order chi connectivity index (χ1) is 10.2. The van der Waals surface area contributed by atoms with Crippen LogP contribution < -0.4 is 5.73 Å². The number of aromatic nitrogens is 1. The number of benzene rings is 2. The molecule has 0 saturated carbocycles. The van der Waals surface area contributed by atoms with E-state index in [1.165, 1.54) is 11.1 Å². The van der Waals surface area contributed by atoms with Gasteiger partial charge in [0.15, 0.2) is 0 Å². The first kappa shape index (κ1) is 13.5. The number of pyridine rings is 1. The van der Waals surface area contributed by atoms with Gasteiger partial charge in [0.25, 0.3) is 0 Å². The summed E-state index contributed by atoms with van der Waals surface area (Å²) in [5.41, 5.74) is 11.7. The summed E-state index contributed by atoms with van der Waals surface area (Å²) in [7, 11) is 0. The van der Waals surface area contributed by atoms with Gasteiger partial charge in [-0.15, -0.1) is 0 Å². The normalized spacial score (nSPS) is 12.1. The topological polar surface area (TPSA) is 38.9 Å². The van der Waals surface area contributed by atoms with E-state index in [2.05, 4.69) is 41.4 Å². The van der Waals surface area contributed by atoms with Crippen LogP contribution in [0, 0.1) is 6.92 Å². The molecule has 0 bridgehead atoms. The average molecular weight is 274 g/mol. The van der Waals surface area contributed by atoms with Gasteiger partial charge in [0.2, 0.25) is 0 Å². The van der Waals surface area contributed by atoms with Crippen LogP contribution >= 0.6 is 0 Å². The highest BCUT2D eigenvalue weighted by Gasteiger charge is 2.10. The fourth-order valence-electron chi connectivity index (χ4n) is 2.42. The van der Waals surface area contributed by atoms with Crippen LogP contribution in [0.1, 0.15) is 23.0 Å². The van der Waals surface area contributed by atoms with Crippen molar-refractivity contribution >= 4 is 0 Å². The number of hydrogen-bond acceptors (Lipinski definition) is 2. The lowest BCUT2D eigenvalue weighted by atomic mass is 9.99. The fourth-order valence-corrected chi connectivity index (χ4v) is 2.42. The van der Waals surface area contributed by atoms with E-state index >= 15 is 0 Å². The second-order valence-electron chi connectivity index (χ2n) is 5.17. The van der Waals surface area contributed by atoms with Crippen molar-refractivity contribution in [3.63, 3.8) is 0 Å². The number of aryl methyl sites for hydroxylation is 1. The molecular weight excluding hydrogens is 256 g/mol. The van der Waals surface area contributed by atoms with Crippen molar-refractivity contribution in [2.75, 3.05) is 0 Å². The second-order valence-corrected chi connectivity index (χ2v) is 5.17. The highest BCUT2D eigenvalue weighted by molar-refractivity contribution is 5.63. The van der Waals surface area contributed by atoms with E-state index in [4.69, 9.17) is 5.73 Å². The molecule has 21 heavy (non-hydrogen) atoms. The Labute approximate surface area is 125 Å². The maximum absolute atomic E-state index is 6.31. The van der Waals surface area contributed by atoms with E-state index in [-0.39, 0.29) is 6.04 Å². The fraction of sp³-hybridized carbons (Fsp3) is 0.105. The maximum Gasteiger partial charge on any atom is 0.0726 e. The summed E-state index contributed by atoms with van der Waals surface area (Å²) in [5, 5.41) is 0. The summed E-state index contributed by atoms with van der Waals surface area (Å²) in [4.78, 5) is 4.51. The lowest BCUT2D eigenvalue weighted by molar-refractivity contribution is 0.822. The molecule has 2 N–H and O–H groups in total. The lowest BCUT2D eigenvalue weighted by Crippen LogP contribution is -2.13. The Balaban J connectivity index is 1.87. The number of rotatable bonds is 3. The van der Waals surface area contributed by atoms with Gasteiger partial charge in [-0.2, -0.15) is 0 Å². The molecule has 0 amide bonds. The summed E-state index contributed by atoms with van der Waals surface area (Å²) < 4.78 is 0. The standard InChI is InChI=1S/C19H18N2/c1-14-6-5-9-18(21-14)19(20)17-12-10-16(11-13-17)15-7-3-2-4-8-15/h2-13,19H,20H2,1H3. The summed E-state index contributed by atoms with van der Waals surface area (Å²) in [5.74, 6) is 0. The molecule has 1 aromatic heterocycles. The van der Waals surface area contributed by atoms with E-state index in [9.17, 15) is 0 Å². The van der Waals surface area contributed by atoms with Gasteiger partial charge in [-0.05, 0) is 35.7 Å². The van der Waals surface area contributed by atoms with Crippen molar-refractivity contribution in [2.24, 2.45) is 5.73 Å². The summed E-state index contributed by atoms with van der Waals surface area (Å²) in [6.45, 7) is 1.98. The summed E-state index contributed by atoms with van der Waals surface area (Å²) in [6, 6.07) is 24.5. The van der Waals surface area contributed by atoms with Crippen LogP contribution in [-0.2, 0) is 0 Å². The minimum absolute atomic E-state index is 0.185. The van der Waals surface area contributed by atoms with Crippen molar-refractivity contribution in [1.29, 1.82) is 0 Å². The monoisotopic (exact) mass is 274 g/mol. The molecule has 2 aromatic carbocycles. The Morgan fingerprint density at radius 2 is 1.43 bits per heavy atom. The number of hydrogen-bond donors (Lipinski definition) is 1. The number of nitrogens with two attached hydrogens (primary N) is 1. The molecule has 1 atom stereocenters. The molecule has 2 nitrogen and oxygen atoms in total. The van der Waals surface area contributed by atoms with Gasteiger partial charge in [-0.25, -0.2) is 0 Å². The van der Waals surface area contributed by atoms with Gasteiger partial charge in [-0.3, -0.25) is 4.98 Å². The van der Waals surface area contributed by atoms with Gasteiger partial charge in [-0.1, -0.05) is 60.7 Å². The quantitative estimate of drug-likeness (QED) is 0.780. The van der Waals surface area contributed by atoms with Gasteiger partial charge in [0.05, 0.1) is 11.7 Å². The smallest absolute Gasteiger partial charge is 0.0726 e. The van der Waals surface area contributed by atoms with Gasteiger partial charge in [0.1, 0.15) is 0 Å². The second kappa shape index (κ2) is 5.90. The molecule has 0 spiro atoms. The van der Waals surface area contributed by atoms with Crippen LogP contribution in [0.4, 0.5) is 0 Å². The molecule has 0 saturated heterocycles. The van der Waals surface area contributed by atoms with Crippen LogP contribution in [0.3, 0.4) is 0 Å². The molecule has 104 valence electrons. The summed E-state index contributed by atoms with van der Waals surface area (Å²) in [6.07, 6.45) is 0. The van der Waals surface area contributed by atoms with E-state index in [0.29, 0.717) is 0 Å². The van der Waals surface area contributed by atoms with E-state index in [1.807, 2.05) is 43.3 Å². The van der Waals surface area contributed by atoms with Gasteiger partial charge < -0.3 is 5.73 Å². The molecular formula is C19H18N2. The Kier molecular flexibility index (Phi) is 3.80. The minimum atomic E-state index is -0.185. The third-order valence-electron chi connectivity index (χ3n) is 3.61. The first-order valence-corrected chi connectivity index (χ1v) is 7.08. The van der Waals surface area contributed by atoms with Crippen molar-refractivity contribution in [1.82, 2.24) is 4.98 Å². The largest absolute Gasteiger partial charge is 0.319 e. The highest BCUT2D eigenvalue weighted by atomic mass is 14.8. The zero-order chi connectivity index (χ0) is 14.7. The zero-order valence-corrected chi connectivity index (χ0v) is 12.0. The first-order valence-electron chi connectivity index (χ1n) is 7.08. The SMILES string of the molecule is Cc1cccc(C(N)c2ccc(-c3ccccc3)cc2)n1. The van der Waals surface area contributed by atoms with Crippen LogP contribution in [0.5, 0.6) is 0 Å². The van der Waals surface area contributed by atoms with Crippen LogP contribution in [-0.4, -0.2) is 4.98 Å². The molecule has 0 radical (unpaired) electrons. The highest BCUT2D eigenvalue weighted by Crippen LogP contribution is 2.23. The van der Waals surface area contributed by atoms with E-state index in [1.54, 1.807) is 0 Å². The molecule has 3 aromatic rings. The Morgan fingerprint density at radius 3 is 2.10 bits per heavy atom. The molecule has 3 rings (SSSR count). The van der Waals surface area contributed by atoms with E-state index < -0.39 is 0 Å². The number of nitrogens with zero attached hydrogens (tertiary/aromatic N) is 1. The van der Waals surface area contributed by atoms with Crippen LogP contribution in [0.2, 0.25) is 0 Å². The van der Waals surface area contributed by atoms with Crippen LogP contribution in [0.15, 0.2) is 72.8 Å². The van der Waals surface area contributed by atoms with Crippen LogP contribution in [0.25, 0.3) is 11.1 Å². The van der Waals surface area contributed by atoms with Gasteiger partial charge >= 0.3 is 0 Å². The minimum Gasteiger partial charge on any atom is -0.319 e.